The average molecular weight is 354 g/mol. The van der Waals surface area contributed by atoms with Crippen molar-refractivity contribution in [1.82, 2.24) is 9.97 Å². The van der Waals surface area contributed by atoms with Crippen LogP contribution in [0, 0.1) is 6.92 Å². The Morgan fingerprint density at radius 1 is 0.815 bits per heavy atom. The zero-order valence-electron chi connectivity index (χ0n) is 15.1. The number of hydrogen-bond acceptors (Lipinski definition) is 3. The SMILES string of the molecule is CC(=O)c1ccc2nc(-c3ccc(C(=O)c4ccc(C)cc4)cc3)[nH]c2c1. The molecule has 0 saturated carbocycles. The van der Waals surface area contributed by atoms with Gasteiger partial charge in [0.15, 0.2) is 11.6 Å². The predicted molar refractivity (Wildman–Crippen MR) is 106 cm³/mol. The summed E-state index contributed by atoms with van der Waals surface area (Å²) in [5.74, 6) is 0.726. The summed E-state index contributed by atoms with van der Waals surface area (Å²) in [7, 11) is 0. The van der Waals surface area contributed by atoms with E-state index < -0.39 is 0 Å². The molecule has 1 N–H and O–H groups in total. The number of rotatable bonds is 4. The molecule has 0 atom stereocenters. The molecule has 0 aliphatic rings. The first-order valence-electron chi connectivity index (χ1n) is 8.74. The molecule has 0 saturated heterocycles. The van der Waals surface area contributed by atoms with E-state index in [4.69, 9.17) is 0 Å². The van der Waals surface area contributed by atoms with Gasteiger partial charge in [-0.05, 0) is 32.0 Å². The average Bonchev–Trinajstić information content (AvgIpc) is 3.11. The number of carbonyl (C=O) groups excluding carboxylic acids is 2. The van der Waals surface area contributed by atoms with Gasteiger partial charge < -0.3 is 4.98 Å². The van der Waals surface area contributed by atoms with Crippen LogP contribution >= 0.6 is 0 Å². The molecule has 0 bridgehead atoms. The first-order valence-corrected chi connectivity index (χ1v) is 8.74. The van der Waals surface area contributed by atoms with E-state index in [-0.39, 0.29) is 11.6 Å². The van der Waals surface area contributed by atoms with Crippen LogP contribution in [0.3, 0.4) is 0 Å². The number of aromatic amines is 1. The van der Waals surface area contributed by atoms with Gasteiger partial charge in [-0.15, -0.1) is 0 Å². The summed E-state index contributed by atoms with van der Waals surface area (Å²) in [6.07, 6.45) is 0. The summed E-state index contributed by atoms with van der Waals surface area (Å²) in [5.41, 5.74) is 5.59. The van der Waals surface area contributed by atoms with Crippen molar-refractivity contribution in [1.29, 1.82) is 0 Å². The lowest BCUT2D eigenvalue weighted by molar-refractivity contribution is 0.101. The van der Waals surface area contributed by atoms with Gasteiger partial charge in [0, 0.05) is 22.3 Å². The molecule has 3 aromatic carbocycles. The molecule has 4 heteroatoms. The van der Waals surface area contributed by atoms with Crippen molar-refractivity contribution in [2.45, 2.75) is 13.8 Å². The van der Waals surface area contributed by atoms with Crippen LogP contribution in [0.5, 0.6) is 0 Å². The summed E-state index contributed by atoms with van der Waals surface area (Å²) < 4.78 is 0. The molecule has 0 spiro atoms. The lowest BCUT2D eigenvalue weighted by Crippen LogP contribution is -2.01. The summed E-state index contributed by atoms with van der Waals surface area (Å²) in [5, 5.41) is 0. The number of nitrogens with one attached hydrogen (secondary N) is 1. The summed E-state index contributed by atoms with van der Waals surface area (Å²) in [4.78, 5) is 31.9. The Balaban J connectivity index is 1.63. The van der Waals surface area contributed by atoms with E-state index in [0.717, 1.165) is 22.2 Å². The number of benzene rings is 3. The van der Waals surface area contributed by atoms with Gasteiger partial charge in [-0.2, -0.15) is 0 Å². The van der Waals surface area contributed by atoms with Gasteiger partial charge in [0.1, 0.15) is 5.82 Å². The monoisotopic (exact) mass is 354 g/mol. The maximum absolute atomic E-state index is 12.6. The first kappa shape index (κ1) is 16.9. The Kier molecular flexibility index (Phi) is 4.16. The number of hydrogen-bond donors (Lipinski definition) is 1. The lowest BCUT2D eigenvalue weighted by atomic mass is 10.0. The van der Waals surface area contributed by atoms with Crippen LogP contribution in [-0.2, 0) is 0 Å². The van der Waals surface area contributed by atoms with E-state index in [9.17, 15) is 9.59 Å². The molecular weight excluding hydrogens is 336 g/mol. The summed E-state index contributed by atoms with van der Waals surface area (Å²) in [6.45, 7) is 3.54. The van der Waals surface area contributed by atoms with E-state index in [2.05, 4.69) is 9.97 Å². The number of aryl methyl sites for hydroxylation is 1. The fourth-order valence-corrected chi connectivity index (χ4v) is 3.02. The molecule has 0 radical (unpaired) electrons. The third kappa shape index (κ3) is 3.29. The molecule has 132 valence electrons. The molecule has 0 fully saturated rings. The van der Waals surface area contributed by atoms with Crippen LogP contribution in [0.1, 0.15) is 38.8 Å². The topological polar surface area (TPSA) is 62.8 Å². The Morgan fingerprint density at radius 2 is 1.41 bits per heavy atom. The summed E-state index contributed by atoms with van der Waals surface area (Å²) >= 11 is 0. The van der Waals surface area contributed by atoms with E-state index in [0.29, 0.717) is 22.5 Å². The minimum absolute atomic E-state index is 0.00254. The van der Waals surface area contributed by atoms with Crippen molar-refractivity contribution >= 4 is 22.6 Å². The minimum Gasteiger partial charge on any atom is -0.338 e. The Hall–Kier alpha value is -3.53. The van der Waals surface area contributed by atoms with Gasteiger partial charge in [-0.1, -0.05) is 54.1 Å². The molecule has 4 rings (SSSR count). The fraction of sp³-hybridized carbons (Fsp3) is 0.0870. The van der Waals surface area contributed by atoms with Crippen molar-refractivity contribution in [3.8, 4) is 11.4 Å². The number of nitrogens with zero attached hydrogens (tertiary/aromatic N) is 1. The third-order valence-corrected chi connectivity index (χ3v) is 4.62. The molecule has 1 heterocycles. The number of carbonyl (C=O) groups is 2. The molecule has 27 heavy (non-hydrogen) atoms. The molecule has 0 amide bonds. The highest BCUT2D eigenvalue weighted by Crippen LogP contribution is 2.23. The zero-order chi connectivity index (χ0) is 19.0. The van der Waals surface area contributed by atoms with Gasteiger partial charge >= 0.3 is 0 Å². The number of Topliss-reactive ketones (excluding diaryl/α,β-unsaturated/α-hetero) is 1. The van der Waals surface area contributed by atoms with Crippen molar-refractivity contribution in [2.24, 2.45) is 0 Å². The predicted octanol–water partition coefficient (Wildman–Crippen LogP) is 4.97. The lowest BCUT2D eigenvalue weighted by Gasteiger charge is -2.03. The number of fused-ring (bicyclic) bond motifs is 1. The molecule has 1 aromatic heterocycles. The van der Waals surface area contributed by atoms with E-state index in [1.807, 2.05) is 67.6 Å². The third-order valence-electron chi connectivity index (χ3n) is 4.62. The van der Waals surface area contributed by atoms with E-state index in [1.165, 1.54) is 0 Å². The minimum atomic E-state index is -0.00254. The maximum Gasteiger partial charge on any atom is 0.193 e. The number of aromatic nitrogens is 2. The largest absolute Gasteiger partial charge is 0.338 e. The zero-order valence-corrected chi connectivity index (χ0v) is 15.1. The Bertz CT molecular complexity index is 1150. The van der Waals surface area contributed by atoms with Crippen LogP contribution in [0.4, 0.5) is 0 Å². The van der Waals surface area contributed by atoms with Gasteiger partial charge in [0.25, 0.3) is 0 Å². The second-order valence-electron chi connectivity index (χ2n) is 6.65. The van der Waals surface area contributed by atoms with Crippen molar-refractivity contribution in [3.63, 3.8) is 0 Å². The molecule has 0 aliphatic carbocycles. The van der Waals surface area contributed by atoms with Gasteiger partial charge in [-0.3, -0.25) is 9.59 Å². The van der Waals surface area contributed by atoms with E-state index in [1.54, 1.807) is 13.0 Å². The highest BCUT2D eigenvalue weighted by atomic mass is 16.1. The second kappa shape index (κ2) is 6.65. The normalized spacial score (nSPS) is 10.9. The standard InChI is InChI=1S/C23H18N2O2/c1-14-3-5-16(6-4-14)22(27)17-7-9-18(10-8-17)23-24-20-12-11-19(15(2)26)13-21(20)25-23/h3-13H,1-2H3,(H,24,25). The Morgan fingerprint density at radius 3 is 2.04 bits per heavy atom. The maximum atomic E-state index is 12.6. The molecule has 4 aromatic rings. The van der Waals surface area contributed by atoms with Crippen LogP contribution in [0.2, 0.25) is 0 Å². The van der Waals surface area contributed by atoms with Crippen molar-refractivity contribution in [2.75, 3.05) is 0 Å². The van der Waals surface area contributed by atoms with Crippen molar-refractivity contribution in [3.05, 3.63) is 89.0 Å². The quantitative estimate of drug-likeness (QED) is 0.526. The Labute approximate surface area is 156 Å². The van der Waals surface area contributed by atoms with Crippen LogP contribution in [0.25, 0.3) is 22.4 Å². The van der Waals surface area contributed by atoms with Crippen LogP contribution < -0.4 is 0 Å². The van der Waals surface area contributed by atoms with Gasteiger partial charge in [-0.25, -0.2) is 4.98 Å². The highest BCUT2D eigenvalue weighted by Gasteiger charge is 2.11. The summed E-state index contributed by atoms with van der Waals surface area (Å²) in [6, 6.07) is 20.4. The molecule has 4 nitrogen and oxygen atoms in total. The first-order chi connectivity index (χ1) is 13.0. The van der Waals surface area contributed by atoms with E-state index >= 15 is 0 Å². The molecule has 0 unspecified atom stereocenters. The van der Waals surface area contributed by atoms with Crippen LogP contribution in [0.15, 0.2) is 66.7 Å². The molecular formula is C23H18N2O2. The second-order valence-corrected chi connectivity index (χ2v) is 6.65. The molecule has 0 aliphatic heterocycles. The number of H-pyrrole nitrogens is 1. The number of ketones is 2. The highest BCUT2D eigenvalue weighted by molar-refractivity contribution is 6.09. The van der Waals surface area contributed by atoms with Gasteiger partial charge in [0.2, 0.25) is 0 Å². The smallest absolute Gasteiger partial charge is 0.193 e. The van der Waals surface area contributed by atoms with Crippen LogP contribution in [-0.4, -0.2) is 21.5 Å². The van der Waals surface area contributed by atoms with Gasteiger partial charge in [0.05, 0.1) is 11.0 Å². The fourth-order valence-electron chi connectivity index (χ4n) is 3.02. The number of imidazole rings is 1. The van der Waals surface area contributed by atoms with Crippen molar-refractivity contribution < 1.29 is 9.59 Å².